The molecular weight excluding hydrogens is 410 g/mol. The molecule has 0 saturated carbocycles. The van der Waals surface area contributed by atoms with E-state index in [1.807, 2.05) is 0 Å². The standard InChI is InChI=1S/C17H20F2N4O7/c1-16(2,3)29-14(26)21-5-9-4-10(12-6-20-8-28-12)11-7-22(9)15(27)23(11)30-17(18,19)13(24)25/h4,6,8-9,11H,5,7H2,1-3H3,(H,21,26)(H,24,25). The minimum atomic E-state index is -4.62. The molecule has 2 N–H and O–H groups in total. The fourth-order valence-corrected chi connectivity index (χ4v) is 3.05. The number of carbonyl (C=O) groups excluding carboxylic acids is 2. The second-order valence-electron chi connectivity index (χ2n) is 7.63. The number of ether oxygens (including phenoxy) is 1. The number of aliphatic carboxylic acids is 1. The van der Waals surface area contributed by atoms with Crippen LogP contribution in [0.5, 0.6) is 0 Å². The van der Waals surface area contributed by atoms with E-state index < -0.39 is 41.9 Å². The summed E-state index contributed by atoms with van der Waals surface area (Å²) in [5, 5.41) is 11.5. The molecule has 1 aromatic heterocycles. The largest absolute Gasteiger partial charge is 0.476 e. The maximum Gasteiger partial charge on any atom is 0.476 e. The van der Waals surface area contributed by atoms with Crippen LogP contribution >= 0.6 is 0 Å². The van der Waals surface area contributed by atoms with Gasteiger partial charge in [0.1, 0.15) is 11.6 Å². The van der Waals surface area contributed by atoms with Crippen molar-refractivity contribution in [3.8, 4) is 0 Å². The summed E-state index contributed by atoms with van der Waals surface area (Å²) in [5.74, 6) is -2.36. The second-order valence-corrected chi connectivity index (χ2v) is 7.63. The molecule has 2 atom stereocenters. The molecule has 2 aliphatic rings. The van der Waals surface area contributed by atoms with Crippen molar-refractivity contribution in [2.24, 2.45) is 0 Å². The van der Waals surface area contributed by atoms with Crippen LogP contribution in [0.2, 0.25) is 0 Å². The zero-order chi connectivity index (χ0) is 22.3. The number of nitrogens with one attached hydrogen (secondary N) is 1. The molecule has 30 heavy (non-hydrogen) atoms. The highest BCUT2D eigenvalue weighted by atomic mass is 19.3. The molecule has 2 aliphatic heterocycles. The number of alkyl carbamates (subject to hydrolysis) is 1. The fraction of sp³-hybridized carbons (Fsp3) is 0.529. The highest BCUT2D eigenvalue weighted by Crippen LogP contribution is 2.37. The van der Waals surface area contributed by atoms with Crippen LogP contribution in [0.4, 0.5) is 18.4 Å². The summed E-state index contributed by atoms with van der Waals surface area (Å²) in [7, 11) is 0. The Labute approximate surface area is 169 Å². The highest BCUT2D eigenvalue weighted by Gasteiger charge is 2.53. The van der Waals surface area contributed by atoms with E-state index in [0.717, 1.165) is 6.39 Å². The van der Waals surface area contributed by atoms with Crippen LogP contribution in [0.3, 0.4) is 0 Å². The van der Waals surface area contributed by atoms with E-state index in [9.17, 15) is 23.2 Å². The number of urea groups is 1. The Kier molecular flexibility index (Phi) is 5.41. The van der Waals surface area contributed by atoms with Crippen LogP contribution in [0.15, 0.2) is 23.1 Å². The SMILES string of the molecule is CC(C)(C)OC(=O)NCC1C=C(c2cnco2)C2CN1C(=O)N2OC(F)(F)C(=O)O. The van der Waals surface area contributed by atoms with Gasteiger partial charge in [-0.15, -0.1) is 0 Å². The summed E-state index contributed by atoms with van der Waals surface area (Å²) in [6.07, 6.45) is -1.38. The molecule has 11 nitrogen and oxygen atoms in total. The topological polar surface area (TPSA) is 134 Å². The maximum atomic E-state index is 13.6. The number of carbonyl (C=O) groups is 3. The Balaban J connectivity index is 1.84. The average Bonchev–Trinajstić information content (AvgIpc) is 3.23. The quantitative estimate of drug-likeness (QED) is 0.696. The lowest BCUT2D eigenvalue weighted by Gasteiger charge is -2.29. The van der Waals surface area contributed by atoms with Gasteiger partial charge in [-0.2, -0.15) is 18.7 Å². The third-order valence-corrected chi connectivity index (χ3v) is 4.25. The summed E-state index contributed by atoms with van der Waals surface area (Å²) in [6, 6.07) is -2.80. The van der Waals surface area contributed by atoms with E-state index in [2.05, 4.69) is 15.1 Å². The summed E-state index contributed by atoms with van der Waals surface area (Å²) >= 11 is 0. The molecule has 1 aromatic rings. The Bertz CT molecular complexity index is 866. The number of rotatable bonds is 6. The summed E-state index contributed by atoms with van der Waals surface area (Å²) in [5.41, 5.74) is -0.453. The van der Waals surface area contributed by atoms with Crippen molar-refractivity contribution in [3.63, 3.8) is 0 Å². The minimum Gasteiger partial charge on any atom is -0.475 e. The summed E-state index contributed by atoms with van der Waals surface area (Å²) in [4.78, 5) is 44.5. The van der Waals surface area contributed by atoms with Crippen LogP contribution in [-0.4, -0.2) is 75.0 Å². The van der Waals surface area contributed by atoms with E-state index in [4.69, 9.17) is 14.3 Å². The third kappa shape index (κ3) is 4.35. The summed E-state index contributed by atoms with van der Waals surface area (Å²) < 4.78 is 37.7. The van der Waals surface area contributed by atoms with Gasteiger partial charge in [-0.25, -0.2) is 19.4 Å². The molecule has 3 rings (SSSR count). The van der Waals surface area contributed by atoms with Gasteiger partial charge in [-0.3, -0.25) is 0 Å². The lowest BCUT2D eigenvalue weighted by Crippen LogP contribution is -2.47. The van der Waals surface area contributed by atoms with Crippen molar-refractivity contribution < 1.29 is 42.3 Å². The monoisotopic (exact) mass is 430 g/mol. The van der Waals surface area contributed by atoms with Crippen molar-refractivity contribution in [3.05, 3.63) is 24.4 Å². The number of carboxylic acid groups (broad SMARTS) is 1. The van der Waals surface area contributed by atoms with Gasteiger partial charge in [-0.1, -0.05) is 6.08 Å². The van der Waals surface area contributed by atoms with Crippen LogP contribution in [0.1, 0.15) is 26.5 Å². The number of halogens is 2. The minimum absolute atomic E-state index is 0.0891. The van der Waals surface area contributed by atoms with Crippen molar-refractivity contribution in [1.29, 1.82) is 0 Å². The third-order valence-electron chi connectivity index (χ3n) is 4.25. The molecule has 164 valence electrons. The van der Waals surface area contributed by atoms with Gasteiger partial charge in [0.05, 0.1) is 18.8 Å². The van der Waals surface area contributed by atoms with Gasteiger partial charge >= 0.3 is 24.2 Å². The van der Waals surface area contributed by atoms with E-state index >= 15 is 0 Å². The zero-order valence-electron chi connectivity index (χ0n) is 16.3. The van der Waals surface area contributed by atoms with Gasteiger partial charge < -0.3 is 24.5 Å². The number of hydrogen-bond donors (Lipinski definition) is 2. The van der Waals surface area contributed by atoms with E-state index in [1.165, 1.54) is 17.2 Å². The highest BCUT2D eigenvalue weighted by molar-refractivity contribution is 5.85. The average molecular weight is 430 g/mol. The molecule has 13 heteroatoms. The molecule has 2 bridgehead atoms. The number of hydroxylamine groups is 2. The van der Waals surface area contributed by atoms with Crippen LogP contribution in [0.25, 0.3) is 5.57 Å². The molecule has 1 saturated heterocycles. The molecule has 0 spiro atoms. The summed E-state index contributed by atoms with van der Waals surface area (Å²) in [6.45, 7) is 4.86. The lowest BCUT2D eigenvalue weighted by atomic mass is 9.98. The van der Waals surface area contributed by atoms with Gasteiger partial charge in [-0.05, 0) is 20.8 Å². The molecule has 3 heterocycles. The van der Waals surface area contributed by atoms with E-state index in [0.29, 0.717) is 5.06 Å². The van der Waals surface area contributed by atoms with Crippen LogP contribution < -0.4 is 5.32 Å². The van der Waals surface area contributed by atoms with Crippen molar-refractivity contribution >= 4 is 23.7 Å². The first-order chi connectivity index (χ1) is 13.9. The number of hydrogen-bond acceptors (Lipinski definition) is 7. The Morgan fingerprint density at radius 3 is 2.67 bits per heavy atom. The number of carboxylic acids is 1. The van der Waals surface area contributed by atoms with Crippen molar-refractivity contribution in [1.82, 2.24) is 20.3 Å². The van der Waals surface area contributed by atoms with Crippen LogP contribution in [0, 0.1) is 0 Å². The molecule has 0 aromatic carbocycles. The Hall–Kier alpha value is -3.22. The molecule has 2 unspecified atom stereocenters. The maximum absolute atomic E-state index is 13.6. The number of oxazole rings is 1. The normalized spacial score (nSPS) is 21.5. The molecule has 0 radical (unpaired) electrons. The van der Waals surface area contributed by atoms with Gasteiger partial charge in [0, 0.05) is 12.1 Å². The Morgan fingerprint density at radius 1 is 1.40 bits per heavy atom. The van der Waals surface area contributed by atoms with Crippen LogP contribution in [-0.2, 0) is 14.4 Å². The smallest absolute Gasteiger partial charge is 0.475 e. The lowest BCUT2D eigenvalue weighted by molar-refractivity contribution is -0.323. The first-order valence-electron chi connectivity index (χ1n) is 8.86. The van der Waals surface area contributed by atoms with Gasteiger partial charge in [0.2, 0.25) is 0 Å². The molecule has 0 aliphatic carbocycles. The second kappa shape index (κ2) is 7.55. The Morgan fingerprint density at radius 2 is 2.10 bits per heavy atom. The first kappa shape index (κ1) is 21.5. The fourth-order valence-electron chi connectivity index (χ4n) is 3.05. The molecular formula is C17H20F2N4O7. The van der Waals surface area contributed by atoms with Crippen molar-refractivity contribution in [2.45, 2.75) is 44.6 Å². The van der Waals surface area contributed by atoms with Gasteiger partial charge in [0.15, 0.2) is 12.2 Å². The number of aromatic nitrogens is 1. The van der Waals surface area contributed by atoms with E-state index in [1.54, 1.807) is 20.8 Å². The van der Waals surface area contributed by atoms with Gasteiger partial charge in [0.25, 0.3) is 0 Å². The first-order valence-corrected chi connectivity index (χ1v) is 8.86. The number of fused-ring (bicyclic) bond motifs is 2. The predicted molar refractivity (Wildman–Crippen MR) is 93.9 cm³/mol. The predicted octanol–water partition coefficient (Wildman–Crippen LogP) is 1.68. The number of nitrogens with zero attached hydrogens (tertiary/aromatic N) is 3. The number of amides is 3. The zero-order valence-corrected chi connectivity index (χ0v) is 16.3. The number of alkyl halides is 2. The van der Waals surface area contributed by atoms with E-state index in [-0.39, 0.29) is 24.4 Å². The molecule has 1 fully saturated rings. The molecule has 3 amide bonds. The van der Waals surface area contributed by atoms with Crippen molar-refractivity contribution in [2.75, 3.05) is 13.1 Å².